The van der Waals surface area contributed by atoms with E-state index in [2.05, 4.69) is 5.43 Å². The van der Waals surface area contributed by atoms with Gasteiger partial charge in [-0.3, -0.25) is 14.6 Å². The van der Waals surface area contributed by atoms with E-state index in [0.29, 0.717) is 22.1 Å². The molecule has 0 radical (unpaired) electrons. The standard InChI is InChI=1S/C18H14ClN3O3/c19-11-7-5-10(6-8-11)17-15-16(12-3-1-2-4-13(12)25-17)21-22(18(15)24)9-14(20)23/h1-8,16,21H,9H2,(H2,20,23). The number of para-hydroxylation sites is 1. The predicted molar refractivity (Wildman–Crippen MR) is 92.2 cm³/mol. The van der Waals surface area contributed by atoms with E-state index in [4.69, 9.17) is 22.1 Å². The number of hydrogen-bond donors (Lipinski definition) is 2. The Hall–Kier alpha value is -2.83. The highest BCUT2D eigenvalue weighted by molar-refractivity contribution is 6.30. The van der Waals surface area contributed by atoms with Crippen LogP contribution in [0.5, 0.6) is 5.75 Å². The van der Waals surface area contributed by atoms with Crippen molar-refractivity contribution in [2.45, 2.75) is 6.04 Å². The van der Waals surface area contributed by atoms with Gasteiger partial charge in [0.15, 0.2) is 0 Å². The molecule has 1 saturated heterocycles. The number of amides is 2. The summed E-state index contributed by atoms with van der Waals surface area (Å²) in [5.74, 6) is 0.179. The van der Waals surface area contributed by atoms with Crippen LogP contribution in [0, 0.1) is 0 Å². The number of carbonyl (C=O) groups is 2. The van der Waals surface area contributed by atoms with Crippen LogP contribution in [0.3, 0.4) is 0 Å². The van der Waals surface area contributed by atoms with E-state index in [0.717, 1.165) is 11.1 Å². The van der Waals surface area contributed by atoms with Crippen LogP contribution in [0.4, 0.5) is 0 Å². The van der Waals surface area contributed by atoms with Crippen molar-refractivity contribution in [2.75, 3.05) is 6.54 Å². The summed E-state index contributed by atoms with van der Waals surface area (Å²) in [6.07, 6.45) is 0. The van der Waals surface area contributed by atoms with E-state index in [9.17, 15) is 9.59 Å². The van der Waals surface area contributed by atoms with Crippen molar-refractivity contribution in [3.05, 3.63) is 70.3 Å². The minimum atomic E-state index is -0.595. The molecule has 2 aliphatic rings. The largest absolute Gasteiger partial charge is 0.456 e. The molecule has 2 amide bonds. The van der Waals surface area contributed by atoms with E-state index in [1.807, 2.05) is 24.3 Å². The fourth-order valence-corrected chi connectivity index (χ4v) is 3.19. The van der Waals surface area contributed by atoms with Crippen molar-refractivity contribution in [1.82, 2.24) is 10.4 Å². The third-order valence-electron chi connectivity index (χ3n) is 4.16. The average molecular weight is 356 g/mol. The van der Waals surface area contributed by atoms with Crippen LogP contribution in [-0.2, 0) is 9.59 Å². The first-order chi connectivity index (χ1) is 12.0. The number of ether oxygens (including phenoxy) is 1. The maximum atomic E-state index is 12.8. The van der Waals surface area contributed by atoms with Gasteiger partial charge in [0.05, 0.1) is 11.6 Å². The zero-order chi connectivity index (χ0) is 17.6. The van der Waals surface area contributed by atoms with Crippen molar-refractivity contribution in [3.63, 3.8) is 0 Å². The van der Waals surface area contributed by atoms with Gasteiger partial charge in [-0.1, -0.05) is 29.8 Å². The fourth-order valence-electron chi connectivity index (χ4n) is 3.07. The molecule has 4 rings (SSSR count). The fraction of sp³-hybridized carbons (Fsp3) is 0.111. The van der Waals surface area contributed by atoms with E-state index in [1.54, 1.807) is 24.3 Å². The molecule has 1 fully saturated rings. The number of halogens is 1. The number of hydrazine groups is 1. The first kappa shape index (κ1) is 15.7. The molecule has 0 bridgehead atoms. The first-order valence-electron chi connectivity index (χ1n) is 7.68. The zero-order valence-corrected chi connectivity index (χ0v) is 13.8. The summed E-state index contributed by atoms with van der Waals surface area (Å²) in [6.45, 7) is -0.213. The second-order valence-corrected chi connectivity index (χ2v) is 6.25. The molecule has 0 spiro atoms. The number of nitrogens with two attached hydrogens (primary N) is 1. The Bertz CT molecular complexity index is 908. The topological polar surface area (TPSA) is 84.7 Å². The van der Waals surface area contributed by atoms with Crippen LogP contribution in [0.1, 0.15) is 17.2 Å². The number of primary amides is 1. The van der Waals surface area contributed by atoms with Gasteiger partial charge in [0.1, 0.15) is 18.1 Å². The summed E-state index contributed by atoms with van der Waals surface area (Å²) in [5.41, 5.74) is 10.3. The van der Waals surface area contributed by atoms with Crippen molar-refractivity contribution >= 4 is 29.2 Å². The molecule has 2 aromatic rings. The lowest BCUT2D eigenvalue weighted by molar-refractivity contribution is -0.132. The van der Waals surface area contributed by atoms with Crippen molar-refractivity contribution < 1.29 is 14.3 Å². The van der Waals surface area contributed by atoms with Crippen LogP contribution in [0.25, 0.3) is 5.76 Å². The number of hydrogen-bond acceptors (Lipinski definition) is 4. The molecule has 0 aliphatic carbocycles. The lowest BCUT2D eigenvalue weighted by Gasteiger charge is -2.25. The Morgan fingerprint density at radius 3 is 2.64 bits per heavy atom. The van der Waals surface area contributed by atoms with Crippen molar-refractivity contribution in [3.8, 4) is 5.75 Å². The SMILES string of the molecule is NC(=O)CN1NC2C(=C(c3ccc(Cl)cc3)Oc3ccccc32)C1=O. The van der Waals surface area contributed by atoms with Gasteiger partial charge in [-0.15, -0.1) is 0 Å². The van der Waals surface area contributed by atoms with Crippen LogP contribution in [0.2, 0.25) is 5.02 Å². The lowest BCUT2D eigenvalue weighted by Crippen LogP contribution is -2.41. The summed E-state index contributed by atoms with van der Waals surface area (Å²) in [4.78, 5) is 24.1. The third-order valence-corrected chi connectivity index (χ3v) is 4.41. The molecule has 0 aromatic heterocycles. The molecule has 3 N–H and O–H groups in total. The van der Waals surface area contributed by atoms with Gasteiger partial charge >= 0.3 is 0 Å². The van der Waals surface area contributed by atoms with E-state index >= 15 is 0 Å². The summed E-state index contributed by atoms with van der Waals surface area (Å²) < 4.78 is 6.03. The Labute approximate surface area is 148 Å². The second kappa shape index (κ2) is 5.91. The minimum Gasteiger partial charge on any atom is -0.456 e. The monoisotopic (exact) mass is 355 g/mol. The van der Waals surface area contributed by atoms with Crippen LogP contribution < -0.4 is 15.9 Å². The normalized spacial score (nSPS) is 18.7. The van der Waals surface area contributed by atoms with Gasteiger partial charge in [-0.2, -0.15) is 0 Å². The zero-order valence-electron chi connectivity index (χ0n) is 13.0. The molecular formula is C18H14ClN3O3. The Kier molecular flexibility index (Phi) is 3.71. The number of benzene rings is 2. The van der Waals surface area contributed by atoms with Crippen molar-refractivity contribution in [2.24, 2.45) is 5.73 Å². The Morgan fingerprint density at radius 1 is 1.20 bits per heavy atom. The summed E-state index contributed by atoms with van der Waals surface area (Å²) in [7, 11) is 0. The van der Waals surface area contributed by atoms with E-state index < -0.39 is 11.9 Å². The molecule has 2 aromatic carbocycles. The quantitative estimate of drug-likeness (QED) is 0.882. The third kappa shape index (κ3) is 2.65. The molecule has 1 atom stereocenters. The highest BCUT2D eigenvalue weighted by Gasteiger charge is 2.43. The van der Waals surface area contributed by atoms with Crippen LogP contribution in [-0.4, -0.2) is 23.4 Å². The Balaban J connectivity index is 1.86. The highest BCUT2D eigenvalue weighted by atomic mass is 35.5. The average Bonchev–Trinajstić information content (AvgIpc) is 2.91. The van der Waals surface area contributed by atoms with Crippen molar-refractivity contribution in [1.29, 1.82) is 0 Å². The maximum absolute atomic E-state index is 12.8. The number of fused-ring (bicyclic) bond motifs is 3. The molecule has 2 aliphatic heterocycles. The number of nitrogens with zero attached hydrogens (tertiary/aromatic N) is 1. The number of carbonyl (C=O) groups excluding carboxylic acids is 2. The highest BCUT2D eigenvalue weighted by Crippen LogP contribution is 2.44. The maximum Gasteiger partial charge on any atom is 0.270 e. The molecule has 0 saturated carbocycles. The van der Waals surface area contributed by atoms with Crippen LogP contribution in [0.15, 0.2) is 54.1 Å². The van der Waals surface area contributed by atoms with Gasteiger partial charge in [-0.05, 0) is 30.3 Å². The van der Waals surface area contributed by atoms with Crippen LogP contribution >= 0.6 is 11.6 Å². The van der Waals surface area contributed by atoms with E-state index in [1.165, 1.54) is 5.01 Å². The van der Waals surface area contributed by atoms with E-state index in [-0.39, 0.29) is 12.5 Å². The lowest BCUT2D eigenvalue weighted by atomic mass is 9.93. The molecule has 126 valence electrons. The summed E-state index contributed by atoms with van der Waals surface area (Å²) in [5, 5.41) is 1.82. The van der Waals surface area contributed by atoms with Gasteiger partial charge in [0.2, 0.25) is 5.91 Å². The molecule has 2 heterocycles. The number of nitrogens with one attached hydrogen (secondary N) is 1. The minimum absolute atomic E-state index is 0.213. The van der Waals surface area contributed by atoms with Gasteiger partial charge in [-0.25, -0.2) is 5.43 Å². The van der Waals surface area contributed by atoms with Gasteiger partial charge in [0.25, 0.3) is 5.91 Å². The molecule has 7 heteroatoms. The van der Waals surface area contributed by atoms with Gasteiger partial charge < -0.3 is 10.5 Å². The Morgan fingerprint density at radius 2 is 1.92 bits per heavy atom. The molecular weight excluding hydrogens is 342 g/mol. The molecule has 6 nitrogen and oxygen atoms in total. The smallest absolute Gasteiger partial charge is 0.270 e. The van der Waals surface area contributed by atoms with Gasteiger partial charge in [0, 0.05) is 16.1 Å². The summed E-state index contributed by atoms with van der Waals surface area (Å²) >= 11 is 5.96. The molecule has 1 unspecified atom stereocenters. The second-order valence-electron chi connectivity index (χ2n) is 5.81. The number of rotatable bonds is 3. The first-order valence-corrected chi connectivity index (χ1v) is 8.05. The molecule has 25 heavy (non-hydrogen) atoms. The predicted octanol–water partition coefficient (Wildman–Crippen LogP) is 2.02. The summed E-state index contributed by atoms with van der Waals surface area (Å²) in [6, 6.07) is 14.1.